The van der Waals surface area contributed by atoms with Crippen molar-refractivity contribution in [3.05, 3.63) is 29.8 Å². The molecule has 1 aromatic rings. The summed E-state index contributed by atoms with van der Waals surface area (Å²) in [7, 11) is 0. The fourth-order valence-corrected chi connectivity index (χ4v) is 1.95. The quantitative estimate of drug-likeness (QED) is 0.841. The molecule has 0 unspecified atom stereocenters. The number of aliphatic carboxylic acids is 1. The van der Waals surface area contributed by atoms with Crippen LogP contribution in [0.25, 0.3) is 0 Å². The van der Waals surface area contributed by atoms with Crippen molar-refractivity contribution in [2.45, 2.75) is 19.1 Å². The lowest BCUT2D eigenvalue weighted by atomic mass is 10.2. The average Bonchev–Trinajstić information content (AvgIpc) is 3.23. The molecule has 2 rings (SSSR count). The molecule has 1 aromatic carbocycles. The second kappa shape index (κ2) is 6.25. The Hall–Kier alpha value is -2.25. The van der Waals surface area contributed by atoms with E-state index < -0.39 is 30.6 Å². The number of halogens is 3. The van der Waals surface area contributed by atoms with Crippen molar-refractivity contribution >= 4 is 11.9 Å². The van der Waals surface area contributed by atoms with Gasteiger partial charge in [-0.3, -0.25) is 9.59 Å². The first kappa shape index (κ1) is 16.1. The summed E-state index contributed by atoms with van der Waals surface area (Å²) in [6.07, 6.45) is -4.05. The second-order valence-corrected chi connectivity index (χ2v) is 5.05. The molecule has 22 heavy (non-hydrogen) atoms. The smallest absolute Gasteiger partial charge is 0.422 e. The summed E-state index contributed by atoms with van der Waals surface area (Å²) in [5.74, 6) is -2.33. The molecule has 0 heterocycles. The van der Waals surface area contributed by atoms with Gasteiger partial charge >= 0.3 is 12.1 Å². The third kappa shape index (κ3) is 4.64. The number of amides is 1. The standard InChI is InChI=1S/C14H14F3NO4/c15-14(16,17)7-22-9-3-1-8(2-4-9)6-18-12(19)10-5-11(10)13(20)21/h1-4,10-11H,5-7H2,(H,18,19)(H,20,21)/t10-,11+/m1/s1. The first-order valence-corrected chi connectivity index (χ1v) is 6.55. The maximum atomic E-state index is 12.0. The largest absolute Gasteiger partial charge is 0.484 e. The predicted molar refractivity (Wildman–Crippen MR) is 69.1 cm³/mol. The minimum absolute atomic E-state index is 0.0838. The van der Waals surface area contributed by atoms with Crippen LogP contribution in [0.1, 0.15) is 12.0 Å². The highest BCUT2D eigenvalue weighted by atomic mass is 19.4. The Bertz CT molecular complexity index is 556. The zero-order valence-electron chi connectivity index (χ0n) is 11.4. The third-order valence-electron chi connectivity index (χ3n) is 3.24. The Morgan fingerprint density at radius 2 is 1.86 bits per heavy atom. The lowest BCUT2D eigenvalue weighted by molar-refractivity contribution is -0.153. The molecule has 2 atom stereocenters. The van der Waals surface area contributed by atoms with Crippen molar-refractivity contribution in [2.75, 3.05) is 6.61 Å². The Kier molecular flexibility index (Phi) is 4.58. The van der Waals surface area contributed by atoms with Crippen LogP contribution < -0.4 is 10.1 Å². The Balaban J connectivity index is 1.77. The van der Waals surface area contributed by atoms with E-state index in [1.807, 2.05) is 0 Å². The number of alkyl halides is 3. The van der Waals surface area contributed by atoms with Crippen molar-refractivity contribution in [2.24, 2.45) is 11.8 Å². The molecule has 0 aromatic heterocycles. The summed E-state index contributed by atoms with van der Waals surface area (Å²) >= 11 is 0. The van der Waals surface area contributed by atoms with Crippen LogP contribution in [0.15, 0.2) is 24.3 Å². The van der Waals surface area contributed by atoms with Crippen LogP contribution in [-0.2, 0) is 16.1 Å². The van der Waals surface area contributed by atoms with Gasteiger partial charge < -0.3 is 15.2 Å². The molecule has 1 saturated carbocycles. The van der Waals surface area contributed by atoms with E-state index >= 15 is 0 Å². The van der Waals surface area contributed by atoms with Crippen molar-refractivity contribution < 1.29 is 32.6 Å². The van der Waals surface area contributed by atoms with Crippen LogP contribution >= 0.6 is 0 Å². The molecule has 0 radical (unpaired) electrons. The van der Waals surface area contributed by atoms with Gasteiger partial charge in [0.2, 0.25) is 5.91 Å². The summed E-state index contributed by atoms with van der Waals surface area (Å²) in [5, 5.41) is 11.3. The van der Waals surface area contributed by atoms with Crippen molar-refractivity contribution in [1.82, 2.24) is 5.32 Å². The number of hydrogen-bond acceptors (Lipinski definition) is 3. The molecule has 0 bridgehead atoms. The highest BCUT2D eigenvalue weighted by molar-refractivity contribution is 5.89. The lowest BCUT2D eigenvalue weighted by Crippen LogP contribution is -2.25. The van der Waals surface area contributed by atoms with Crippen LogP contribution in [0.4, 0.5) is 13.2 Å². The first-order chi connectivity index (χ1) is 10.3. The molecule has 120 valence electrons. The minimum atomic E-state index is -4.39. The van der Waals surface area contributed by atoms with Gasteiger partial charge in [0, 0.05) is 6.54 Å². The monoisotopic (exact) mass is 317 g/mol. The van der Waals surface area contributed by atoms with Crippen LogP contribution in [0.3, 0.4) is 0 Å². The van der Waals surface area contributed by atoms with Gasteiger partial charge in [-0.25, -0.2) is 0 Å². The Labute approximate surface area is 124 Å². The van der Waals surface area contributed by atoms with Crippen molar-refractivity contribution in [1.29, 1.82) is 0 Å². The van der Waals surface area contributed by atoms with Gasteiger partial charge in [-0.1, -0.05) is 12.1 Å². The number of carboxylic acid groups (broad SMARTS) is 1. The average molecular weight is 317 g/mol. The molecule has 1 aliphatic rings. The highest BCUT2D eigenvalue weighted by Gasteiger charge is 2.48. The van der Waals surface area contributed by atoms with E-state index in [1.165, 1.54) is 24.3 Å². The number of ether oxygens (including phenoxy) is 1. The van der Waals surface area contributed by atoms with Gasteiger partial charge in [-0.2, -0.15) is 13.2 Å². The third-order valence-corrected chi connectivity index (χ3v) is 3.24. The van der Waals surface area contributed by atoms with E-state index in [2.05, 4.69) is 10.1 Å². The fraction of sp³-hybridized carbons (Fsp3) is 0.429. The molecule has 0 saturated heterocycles. The number of nitrogens with one attached hydrogen (secondary N) is 1. The summed E-state index contributed by atoms with van der Waals surface area (Å²) in [4.78, 5) is 22.3. The molecule has 0 aliphatic heterocycles. The van der Waals surface area contributed by atoms with Crippen LogP contribution in [0.2, 0.25) is 0 Å². The molecule has 1 aliphatic carbocycles. The van der Waals surface area contributed by atoms with Gasteiger partial charge in [0.1, 0.15) is 5.75 Å². The Morgan fingerprint density at radius 1 is 1.23 bits per heavy atom. The van der Waals surface area contributed by atoms with E-state index in [-0.39, 0.29) is 18.2 Å². The summed E-state index contributed by atoms with van der Waals surface area (Å²) in [6, 6.07) is 5.83. The number of rotatable bonds is 6. The van der Waals surface area contributed by atoms with Gasteiger partial charge in [-0.15, -0.1) is 0 Å². The van der Waals surface area contributed by atoms with E-state index in [9.17, 15) is 22.8 Å². The number of hydrogen-bond donors (Lipinski definition) is 2. The molecule has 8 heteroatoms. The van der Waals surface area contributed by atoms with Crippen LogP contribution in [-0.4, -0.2) is 29.8 Å². The maximum absolute atomic E-state index is 12.0. The van der Waals surface area contributed by atoms with Gasteiger partial charge in [-0.05, 0) is 24.1 Å². The molecule has 0 spiro atoms. The highest BCUT2D eigenvalue weighted by Crippen LogP contribution is 2.38. The molecular formula is C14H14F3NO4. The normalized spacial score (nSPS) is 20.3. The maximum Gasteiger partial charge on any atom is 0.422 e. The zero-order valence-corrected chi connectivity index (χ0v) is 11.4. The number of benzene rings is 1. The molecular weight excluding hydrogens is 303 g/mol. The SMILES string of the molecule is O=C(O)[C@H]1C[C@H]1C(=O)NCc1ccc(OCC(F)(F)F)cc1. The van der Waals surface area contributed by atoms with Crippen LogP contribution in [0.5, 0.6) is 5.75 Å². The predicted octanol–water partition coefficient (Wildman–Crippen LogP) is 1.96. The number of carbonyl (C=O) groups excluding carboxylic acids is 1. The minimum Gasteiger partial charge on any atom is -0.484 e. The van der Waals surface area contributed by atoms with Gasteiger partial charge in [0.05, 0.1) is 11.8 Å². The molecule has 5 nitrogen and oxygen atoms in total. The first-order valence-electron chi connectivity index (χ1n) is 6.55. The topological polar surface area (TPSA) is 75.6 Å². The summed E-state index contributed by atoms with van der Waals surface area (Å²) in [6.45, 7) is -1.18. The van der Waals surface area contributed by atoms with E-state index in [4.69, 9.17) is 5.11 Å². The molecule has 2 N–H and O–H groups in total. The van der Waals surface area contributed by atoms with Crippen molar-refractivity contribution in [3.63, 3.8) is 0 Å². The second-order valence-electron chi connectivity index (χ2n) is 5.05. The number of carbonyl (C=O) groups is 2. The number of carboxylic acids is 1. The lowest BCUT2D eigenvalue weighted by Gasteiger charge is -2.10. The summed E-state index contributed by atoms with van der Waals surface area (Å²) in [5.41, 5.74) is 0.681. The van der Waals surface area contributed by atoms with Crippen molar-refractivity contribution in [3.8, 4) is 5.75 Å². The van der Waals surface area contributed by atoms with E-state index in [1.54, 1.807) is 0 Å². The fourth-order valence-electron chi connectivity index (χ4n) is 1.95. The van der Waals surface area contributed by atoms with E-state index in [0.717, 1.165) is 0 Å². The zero-order chi connectivity index (χ0) is 16.3. The van der Waals surface area contributed by atoms with Crippen LogP contribution in [0, 0.1) is 11.8 Å². The van der Waals surface area contributed by atoms with Gasteiger partial charge in [0.25, 0.3) is 0 Å². The molecule has 1 amide bonds. The van der Waals surface area contributed by atoms with Gasteiger partial charge in [0.15, 0.2) is 6.61 Å². The van der Waals surface area contributed by atoms with E-state index in [0.29, 0.717) is 12.0 Å². The Morgan fingerprint density at radius 3 is 2.36 bits per heavy atom. The summed E-state index contributed by atoms with van der Waals surface area (Å²) < 4.78 is 40.5. The molecule has 1 fully saturated rings.